The molecule has 0 amide bonds. The summed E-state index contributed by atoms with van der Waals surface area (Å²) >= 11 is 0. The van der Waals surface area contributed by atoms with Gasteiger partial charge in [0, 0.05) is 32.4 Å². The fourth-order valence-corrected chi connectivity index (χ4v) is 3.80. The van der Waals surface area contributed by atoms with Crippen LogP contribution in [0.2, 0.25) is 0 Å². The van der Waals surface area contributed by atoms with Crippen molar-refractivity contribution in [3.63, 3.8) is 0 Å². The standard InChI is InChI=1S/C20H23N7O/c1-13-9-15(14-3-4-16-17(10-14)28-20(21)22-16)11-27-18(23-24-19(13)27)12-26-7-5-25(2)6-8-26/h3-4,9-11H,5-8,12H2,1-2H3,(H2,21,22). The number of hydrogen-bond donors (Lipinski definition) is 1. The number of pyridine rings is 1. The molecule has 1 aliphatic heterocycles. The van der Waals surface area contributed by atoms with Crippen LogP contribution in [-0.2, 0) is 6.54 Å². The summed E-state index contributed by atoms with van der Waals surface area (Å²) in [7, 11) is 2.17. The lowest BCUT2D eigenvalue weighted by molar-refractivity contribution is 0.145. The third kappa shape index (κ3) is 3.00. The third-order valence-electron chi connectivity index (χ3n) is 5.46. The molecule has 8 heteroatoms. The number of fused-ring (bicyclic) bond motifs is 2. The summed E-state index contributed by atoms with van der Waals surface area (Å²) < 4.78 is 7.60. The van der Waals surface area contributed by atoms with E-state index in [0.717, 1.165) is 66.4 Å². The molecular formula is C20H23N7O. The van der Waals surface area contributed by atoms with Gasteiger partial charge in [0.05, 0.1) is 6.54 Å². The minimum Gasteiger partial charge on any atom is -0.424 e. The Bertz CT molecular complexity index is 1150. The van der Waals surface area contributed by atoms with Crippen molar-refractivity contribution < 1.29 is 4.42 Å². The molecular weight excluding hydrogens is 354 g/mol. The van der Waals surface area contributed by atoms with Gasteiger partial charge in [-0.15, -0.1) is 10.2 Å². The molecule has 0 bridgehead atoms. The quantitative estimate of drug-likeness (QED) is 0.585. The second-order valence-corrected chi connectivity index (χ2v) is 7.54. The summed E-state index contributed by atoms with van der Waals surface area (Å²) in [6.45, 7) is 7.14. The van der Waals surface area contributed by atoms with Crippen molar-refractivity contribution >= 4 is 22.8 Å². The highest BCUT2D eigenvalue weighted by Crippen LogP contribution is 2.27. The normalized spacial score (nSPS) is 16.4. The van der Waals surface area contributed by atoms with Gasteiger partial charge in [-0.3, -0.25) is 9.30 Å². The Morgan fingerprint density at radius 2 is 1.89 bits per heavy atom. The first-order valence-electron chi connectivity index (χ1n) is 9.48. The molecule has 1 aromatic carbocycles. The molecule has 4 heterocycles. The average molecular weight is 377 g/mol. The van der Waals surface area contributed by atoms with Crippen molar-refractivity contribution in [1.82, 2.24) is 29.4 Å². The number of nitrogens with zero attached hydrogens (tertiary/aromatic N) is 6. The number of benzene rings is 1. The zero-order valence-electron chi connectivity index (χ0n) is 16.1. The summed E-state index contributed by atoms with van der Waals surface area (Å²) in [5.41, 5.74) is 11.3. The van der Waals surface area contributed by atoms with Crippen LogP contribution in [0.3, 0.4) is 0 Å². The fourth-order valence-electron chi connectivity index (χ4n) is 3.80. The Morgan fingerprint density at radius 3 is 2.71 bits per heavy atom. The number of aromatic nitrogens is 4. The van der Waals surface area contributed by atoms with Gasteiger partial charge in [-0.05, 0) is 48.9 Å². The summed E-state index contributed by atoms with van der Waals surface area (Å²) in [6, 6.07) is 8.26. The number of oxazole rings is 1. The van der Waals surface area contributed by atoms with Crippen LogP contribution in [0.5, 0.6) is 0 Å². The number of aryl methyl sites for hydroxylation is 1. The van der Waals surface area contributed by atoms with Crippen molar-refractivity contribution in [2.75, 3.05) is 39.0 Å². The number of hydrogen-bond acceptors (Lipinski definition) is 7. The monoisotopic (exact) mass is 377 g/mol. The first-order valence-corrected chi connectivity index (χ1v) is 9.48. The van der Waals surface area contributed by atoms with E-state index in [0.29, 0.717) is 5.58 Å². The molecule has 0 aliphatic carbocycles. The third-order valence-corrected chi connectivity index (χ3v) is 5.46. The van der Waals surface area contributed by atoms with Gasteiger partial charge in [-0.25, -0.2) is 0 Å². The summed E-state index contributed by atoms with van der Waals surface area (Å²) in [6.07, 6.45) is 2.11. The van der Waals surface area contributed by atoms with Crippen molar-refractivity contribution in [3.05, 3.63) is 41.9 Å². The Labute approximate surface area is 162 Å². The molecule has 0 atom stereocenters. The topological polar surface area (TPSA) is 88.7 Å². The average Bonchev–Trinajstić information content (AvgIpc) is 3.25. The highest BCUT2D eigenvalue weighted by Gasteiger charge is 2.18. The zero-order chi connectivity index (χ0) is 19.3. The van der Waals surface area contributed by atoms with Gasteiger partial charge in [-0.1, -0.05) is 6.07 Å². The molecule has 0 saturated carbocycles. The molecule has 28 heavy (non-hydrogen) atoms. The molecule has 144 valence electrons. The minimum atomic E-state index is 0.187. The van der Waals surface area contributed by atoms with Crippen LogP contribution in [0.1, 0.15) is 11.4 Å². The van der Waals surface area contributed by atoms with E-state index in [1.54, 1.807) is 0 Å². The summed E-state index contributed by atoms with van der Waals surface area (Å²) in [5, 5.41) is 8.89. The van der Waals surface area contributed by atoms with E-state index in [2.05, 4.69) is 55.6 Å². The molecule has 4 aromatic rings. The largest absolute Gasteiger partial charge is 0.424 e. The fraction of sp³-hybridized carbons (Fsp3) is 0.350. The van der Waals surface area contributed by atoms with Crippen molar-refractivity contribution in [3.8, 4) is 11.1 Å². The maximum Gasteiger partial charge on any atom is 0.292 e. The Hall–Kier alpha value is -2.97. The van der Waals surface area contributed by atoms with Crippen molar-refractivity contribution in [2.24, 2.45) is 0 Å². The molecule has 8 nitrogen and oxygen atoms in total. The van der Waals surface area contributed by atoms with Crippen LogP contribution in [0.25, 0.3) is 27.9 Å². The van der Waals surface area contributed by atoms with Gasteiger partial charge < -0.3 is 15.1 Å². The molecule has 1 aliphatic rings. The molecule has 1 fully saturated rings. The Balaban J connectivity index is 1.52. The first kappa shape index (κ1) is 17.2. The number of anilines is 1. The summed E-state index contributed by atoms with van der Waals surface area (Å²) in [5.74, 6) is 0.967. The summed E-state index contributed by atoms with van der Waals surface area (Å²) in [4.78, 5) is 8.96. The zero-order valence-corrected chi connectivity index (χ0v) is 16.1. The molecule has 1 saturated heterocycles. The van der Waals surface area contributed by atoms with E-state index in [9.17, 15) is 0 Å². The Kier molecular flexibility index (Phi) is 4.03. The Morgan fingerprint density at radius 1 is 1.07 bits per heavy atom. The predicted octanol–water partition coefficient (Wildman–Crippen LogP) is 2.18. The lowest BCUT2D eigenvalue weighted by Gasteiger charge is -2.31. The number of nitrogens with two attached hydrogens (primary N) is 1. The lowest BCUT2D eigenvalue weighted by atomic mass is 10.1. The molecule has 3 aromatic heterocycles. The molecule has 2 N–H and O–H groups in total. The predicted molar refractivity (Wildman–Crippen MR) is 108 cm³/mol. The van der Waals surface area contributed by atoms with Crippen molar-refractivity contribution in [1.29, 1.82) is 0 Å². The lowest BCUT2D eigenvalue weighted by Crippen LogP contribution is -2.44. The number of likely N-dealkylation sites (N-methyl/N-ethyl adjacent to an activating group) is 1. The first-order chi connectivity index (χ1) is 13.6. The smallest absolute Gasteiger partial charge is 0.292 e. The molecule has 5 rings (SSSR count). The van der Waals surface area contributed by atoms with E-state index < -0.39 is 0 Å². The van der Waals surface area contributed by atoms with Gasteiger partial charge in [0.15, 0.2) is 17.1 Å². The van der Waals surface area contributed by atoms with E-state index in [1.165, 1.54) is 0 Å². The van der Waals surface area contributed by atoms with E-state index in [-0.39, 0.29) is 6.01 Å². The maximum absolute atomic E-state index is 5.68. The van der Waals surface area contributed by atoms with E-state index in [1.807, 2.05) is 18.2 Å². The second-order valence-electron chi connectivity index (χ2n) is 7.54. The van der Waals surface area contributed by atoms with Crippen LogP contribution >= 0.6 is 0 Å². The molecule has 0 radical (unpaired) electrons. The van der Waals surface area contributed by atoms with Gasteiger partial charge in [0.1, 0.15) is 5.52 Å². The number of piperazine rings is 1. The highest BCUT2D eigenvalue weighted by atomic mass is 16.4. The minimum absolute atomic E-state index is 0.187. The van der Waals surface area contributed by atoms with Gasteiger partial charge in [-0.2, -0.15) is 4.98 Å². The molecule has 0 unspecified atom stereocenters. The van der Waals surface area contributed by atoms with Crippen LogP contribution in [-0.4, -0.2) is 62.6 Å². The van der Waals surface area contributed by atoms with Gasteiger partial charge in [0.25, 0.3) is 6.01 Å². The van der Waals surface area contributed by atoms with Crippen LogP contribution in [0, 0.1) is 6.92 Å². The van der Waals surface area contributed by atoms with Crippen molar-refractivity contribution in [2.45, 2.75) is 13.5 Å². The second kappa shape index (κ2) is 6.57. The maximum atomic E-state index is 5.68. The number of rotatable bonds is 3. The van der Waals surface area contributed by atoms with Gasteiger partial charge >= 0.3 is 0 Å². The van der Waals surface area contributed by atoms with E-state index in [4.69, 9.17) is 10.2 Å². The highest BCUT2D eigenvalue weighted by molar-refractivity contribution is 5.81. The van der Waals surface area contributed by atoms with Crippen LogP contribution in [0.15, 0.2) is 34.9 Å². The van der Waals surface area contributed by atoms with Gasteiger partial charge in [0.2, 0.25) is 0 Å². The van der Waals surface area contributed by atoms with E-state index >= 15 is 0 Å². The SMILES string of the molecule is Cc1cc(-c2ccc3nc(N)oc3c2)cn2c(CN3CCN(C)CC3)nnc12. The molecule has 0 spiro atoms. The number of nitrogen functional groups attached to an aromatic ring is 1. The van der Waals surface area contributed by atoms with Crippen LogP contribution < -0.4 is 5.73 Å². The van der Waals surface area contributed by atoms with Crippen LogP contribution in [0.4, 0.5) is 6.01 Å².